The summed E-state index contributed by atoms with van der Waals surface area (Å²) in [4.78, 5) is 14.3. The van der Waals surface area contributed by atoms with E-state index in [2.05, 4.69) is 17.1 Å². The van der Waals surface area contributed by atoms with Crippen molar-refractivity contribution in [2.75, 3.05) is 32.1 Å². The summed E-state index contributed by atoms with van der Waals surface area (Å²) in [7, 11) is 1.60. The van der Waals surface area contributed by atoms with Gasteiger partial charge in [-0.15, -0.1) is 0 Å². The van der Waals surface area contributed by atoms with Crippen LogP contribution in [0.25, 0.3) is 0 Å². The van der Waals surface area contributed by atoms with E-state index in [1.54, 1.807) is 7.11 Å². The lowest BCUT2D eigenvalue weighted by Gasteiger charge is -2.34. The standard InChI is InChI=1S/C16H25N3O2/c1-11-4-5-15(21-3)14(7-11)18-16(20)10-19-8-12(2)6-13(17)9-19/h4-5,7,12-13H,6,8-10,17H2,1-3H3,(H,18,20). The zero-order chi connectivity index (χ0) is 15.4. The summed E-state index contributed by atoms with van der Waals surface area (Å²) < 4.78 is 5.28. The monoisotopic (exact) mass is 291 g/mol. The maximum Gasteiger partial charge on any atom is 0.238 e. The largest absolute Gasteiger partial charge is 0.495 e. The van der Waals surface area contributed by atoms with Crippen LogP contribution in [-0.4, -0.2) is 43.6 Å². The molecule has 2 rings (SSSR count). The number of ether oxygens (including phenoxy) is 1. The first-order chi connectivity index (χ1) is 9.97. The third-order valence-corrected chi connectivity index (χ3v) is 3.76. The van der Waals surface area contributed by atoms with Crippen molar-refractivity contribution in [1.29, 1.82) is 0 Å². The Morgan fingerprint density at radius 3 is 2.90 bits per heavy atom. The summed E-state index contributed by atoms with van der Waals surface area (Å²) in [5.41, 5.74) is 7.82. The molecule has 1 aliphatic heterocycles. The maximum absolute atomic E-state index is 12.2. The fraction of sp³-hybridized carbons (Fsp3) is 0.562. The van der Waals surface area contributed by atoms with Crippen LogP contribution in [0.3, 0.4) is 0 Å². The number of hydrogen-bond acceptors (Lipinski definition) is 4. The lowest BCUT2D eigenvalue weighted by molar-refractivity contribution is -0.117. The predicted molar refractivity (Wildman–Crippen MR) is 84.6 cm³/mol. The Labute approximate surface area is 126 Å². The van der Waals surface area contributed by atoms with Gasteiger partial charge in [-0.2, -0.15) is 0 Å². The first kappa shape index (κ1) is 15.8. The topological polar surface area (TPSA) is 67.6 Å². The molecule has 1 saturated heterocycles. The first-order valence-corrected chi connectivity index (χ1v) is 7.40. The average molecular weight is 291 g/mol. The third kappa shape index (κ3) is 4.44. The Morgan fingerprint density at radius 1 is 1.48 bits per heavy atom. The molecule has 0 saturated carbocycles. The molecule has 116 valence electrons. The minimum atomic E-state index is -0.0276. The van der Waals surface area contributed by atoms with E-state index in [1.807, 2.05) is 25.1 Å². The van der Waals surface area contributed by atoms with Crippen LogP contribution in [0.5, 0.6) is 5.75 Å². The fourth-order valence-electron chi connectivity index (χ4n) is 2.95. The van der Waals surface area contributed by atoms with Crippen molar-refractivity contribution in [2.24, 2.45) is 11.7 Å². The Balaban J connectivity index is 1.97. The minimum Gasteiger partial charge on any atom is -0.495 e. The van der Waals surface area contributed by atoms with Gasteiger partial charge < -0.3 is 15.8 Å². The van der Waals surface area contributed by atoms with Crippen LogP contribution < -0.4 is 15.8 Å². The highest BCUT2D eigenvalue weighted by Gasteiger charge is 2.23. The number of piperidine rings is 1. The molecule has 1 aromatic rings. The van der Waals surface area contributed by atoms with Crippen LogP contribution in [0.1, 0.15) is 18.9 Å². The summed E-state index contributed by atoms with van der Waals surface area (Å²) in [6.07, 6.45) is 1.03. The van der Waals surface area contributed by atoms with Crippen molar-refractivity contribution in [3.05, 3.63) is 23.8 Å². The van der Waals surface area contributed by atoms with Gasteiger partial charge in [0, 0.05) is 19.1 Å². The zero-order valence-electron chi connectivity index (χ0n) is 13.1. The Bertz CT molecular complexity index is 494. The highest BCUT2D eigenvalue weighted by molar-refractivity contribution is 5.93. The second-order valence-electron chi connectivity index (χ2n) is 6.05. The van der Waals surface area contributed by atoms with E-state index in [0.29, 0.717) is 18.2 Å². The van der Waals surface area contributed by atoms with Gasteiger partial charge in [0.1, 0.15) is 5.75 Å². The second kappa shape index (κ2) is 6.91. The summed E-state index contributed by atoms with van der Waals surface area (Å²) in [5.74, 6) is 1.19. The number of aryl methyl sites for hydroxylation is 1. The van der Waals surface area contributed by atoms with Gasteiger partial charge in [0.15, 0.2) is 0 Å². The molecule has 0 radical (unpaired) electrons. The summed E-state index contributed by atoms with van der Waals surface area (Å²) >= 11 is 0. The minimum absolute atomic E-state index is 0.0276. The molecule has 1 heterocycles. The molecule has 2 atom stereocenters. The van der Waals surface area contributed by atoms with Crippen LogP contribution in [0.15, 0.2) is 18.2 Å². The number of rotatable bonds is 4. The molecule has 0 bridgehead atoms. The van der Waals surface area contributed by atoms with E-state index < -0.39 is 0 Å². The number of carbonyl (C=O) groups excluding carboxylic acids is 1. The maximum atomic E-state index is 12.2. The number of nitrogens with zero attached hydrogens (tertiary/aromatic N) is 1. The van der Waals surface area contributed by atoms with Crippen molar-refractivity contribution in [2.45, 2.75) is 26.3 Å². The van der Waals surface area contributed by atoms with Crippen molar-refractivity contribution in [1.82, 2.24) is 4.90 Å². The van der Waals surface area contributed by atoms with Gasteiger partial charge in [0.2, 0.25) is 5.91 Å². The molecular weight excluding hydrogens is 266 g/mol. The SMILES string of the molecule is COc1ccc(C)cc1NC(=O)CN1CC(C)CC(N)C1. The van der Waals surface area contributed by atoms with E-state index in [1.165, 1.54) is 0 Å². The number of hydrogen-bond donors (Lipinski definition) is 2. The van der Waals surface area contributed by atoms with Gasteiger partial charge in [-0.25, -0.2) is 0 Å². The van der Waals surface area contributed by atoms with Crippen LogP contribution in [-0.2, 0) is 4.79 Å². The zero-order valence-corrected chi connectivity index (χ0v) is 13.1. The normalized spacial score (nSPS) is 22.9. The van der Waals surface area contributed by atoms with Crippen LogP contribution in [0.4, 0.5) is 5.69 Å². The molecule has 1 amide bonds. The van der Waals surface area contributed by atoms with Gasteiger partial charge >= 0.3 is 0 Å². The molecule has 1 aromatic carbocycles. The van der Waals surface area contributed by atoms with Gasteiger partial charge in [0.05, 0.1) is 19.3 Å². The lowest BCUT2D eigenvalue weighted by Crippen LogP contribution is -2.48. The van der Waals surface area contributed by atoms with E-state index in [9.17, 15) is 4.79 Å². The molecule has 0 spiro atoms. The molecular formula is C16H25N3O2. The molecule has 3 N–H and O–H groups in total. The van der Waals surface area contributed by atoms with E-state index in [-0.39, 0.29) is 11.9 Å². The predicted octanol–water partition coefficient (Wildman–Crippen LogP) is 1.61. The van der Waals surface area contributed by atoms with Crippen molar-refractivity contribution >= 4 is 11.6 Å². The second-order valence-corrected chi connectivity index (χ2v) is 6.05. The molecule has 1 aliphatic rings. The lowest BCUT2D eigenvalue weighted by atomic mass is 9.97. The Kier molecular flexibility index (Phi) is 5.20. The molecule has 0 aromatic heterocycles. The van der Waals surface area contributed by atoms with Gasteiger partial charge in [-0.1, -0.05) is 13.0 Å². The van der Waals surface area contributed by atoms with Gasteiger partial charge in [0.25, 0.3) is 0 Å². The highest BCUT2D eigenvalue weighted by atomic mass is 16.5. The number of methoxy groups -OCH3 is 1. The number of amides is 1. The van der Waals surface area contributed by atoms with Crippen LogP contribution in [0.2, 0.25) is 0 Å². The number of benzene rings is 1. The third-order valence-electron chi connectivity index (χ3n) is 3.76. The first-order valence-electron chi connectivity index (χ1n) is 7.40. The Hall–Kier alpha value is -1.59. The fourth-order valence-corrected chi connectivity index (χ4v) is 2.95. The van der Waals surface area contributed by atoms with E-state index in [0.717, 1.165) is 30.8 Å². The molecule has 0 aliphatic carbocycles. The van der Waals surface area contributed by atoms with E-state index >= 15 is 0 Å². The molecule has 2 unspecified atom stereocenters. The van der Waals surface area contributed by atoms with Gasteiger partial charge in [-0.05, 0) is 37.0 Å². The van der Waals surface area contributed by atoms with Crippen LogP contribution in [0, 0.1) is 12.8 Å². The molecule has 1 fully saturated rings. The Morgan fingerprint density at radius 2 is 2.24 bits per heavy atom. The molecule has 5 heteroatoms. The van der Waals surface area contributed by atoms with Crippen molar-refractivity contribution in [3.8, 4) is 5.75 Å². The van der Waals surface area contributed by atoms with Crippen molar-refractivity contribution < 1.29 is 9.53 Å². The van der Waals surface area contributed by atoms with Crippen molar-refractivity contribution in [3.63, 3.8) is 0 Å². The smallest absolute Gasteiger partial charge is 0.238 e. The number of anilines is 1. The number of carbonyl (C=O) groups is 1. The average Bonchev–Trinajstić information content (AvgIpc) is 2.37. The number of nitrogens with one attached hydrogen (secondary N) is 1. The number of nitrogens with two attached hydrogens (primary N) is 1. The summed E-state index contributed by atoms with van der Waals surface area (Å²) in [6.45, 7) is 6.23. The molecule has 21 heavy (non-hydrogen) atoms. The summed E-state index contributed by atoms with van der Waals surface area (Å²) in [6, 6.07) is 5.90. The van der Waals surface area contributed by atoms with Crippen LogP contribution >= 0.6 is 0 Å². The van der Waals surface area contributed by atoms with E-state index in [4.69, 9.17) is 10.5 Å². The quantitative estimate of drug-likeness (QED) is 0.884. The number of likely N-dealkylation sites (tertiary alicyclic amines) is 1. The highest BCUT2D eigenvalue weighted by Crippen LogP contribution is 2.25. The molecule has 5 nitrogen and oxygen atoms in total. The summed E-state index contributed by atoms with van der Waals surface area (Å²) in [5, 5.41) is 2.93. The van der Waals surface area contributed by atoms with Gasteiger partial charge in [-0.3, -0.25) is 9.69 Å².